The van der Waals surface area contributed by atoms with Crippen LogP contribution in [0.25, 0.3) is 10.2 Å². The zero-order valence-corrected chi connectivity index (χ0v) is 20.3. The molecule has 3 rings (SSSR count). The lowest BCUT2D eigenvalue weighted by molar-refractivity contribution is -0.148. The van der Waals surface area contributed by atoms with Crippen molar-refractivity contribution in [3.05, 3.63) is 43.4 Å². The molecular weight excluding hydrogens is 513 g/mol. The third-order valence-electron chi connectivity index (χ3n) is 5.82. The van der Waals surface area contributed by atoms with Crippen LogP contribution in [0.5, 0.6) is 0 Å². The molecule has 3 heterocycles. The number of halogens is 5. The Morgan fingerprint density at radius 2 is 1.75 bits per heavy atom. The second-order valence-electron chi connectivity index (χ2n) is 8.38. The molecule has 1 amide bonds. The smallest absolute Gasteiger partial charge is 0.390 e. The first kappa shape index (κ1) is 27.6. The van der Waals surface area contributed by atoms with Gasteiger partial charge in [-0.05, 0) is 25.0 Å². The number of aryl methyl sites for hydroxylation is 2. The second-order valence-corrected chi connectivity index (χ2v) is 9.38. The van der Waals surface area contributed by atoms with Crippen LogP contribution in [-0.4, -0.2) is 51.3 Å². The molecule has 36 heavy (non-hydrogen) atoms. The van der Waals surface area contributed by atoms with Gasteiger partial charge in [0.05, 0.1) is 16.7 Å². The van der Waals surface area contributed by atoms with E-state index in [2.05, 4.69) is 0 Å². The van der Waals surface area contributed by atoms with E-state index >= 15 is 0 Å². The summed E-state index contributed by atoms with van der Waals surface area (Å²) in [6.07, 6.45) is -7.38. The second kappa shape index (κ2) is 10.9. The largest absolute Gasteiger partial charge is 0.462 e. The van der Waals surface area contributed by atoms with Gasteiger partial charge in [-0.25, -0.2) is 4.79 Å². The maximum atomic E-state index is 13.2. The Balaban J connectivity index is 2.04. The van der Waals surface area contributed by atoms with Crippen molar-refractivity contribution in [2.45, 2.75) is 64.9 Å². The normalized spacial score (nSPS) is 14.8. The number of alkyl halides is 3. The number of rotatable bonds is 7. The molecule has 198 valence electrons. The Bertz CT molecular complexity index is 1300. The number of allylic oxidation sites excluding steroid dienone is 1. The van der Waals surface area contributed by atoms with Crippen molar-refractivity contribution < 1.29 is 36.3 Å². The highest BCUT2D eigenvalue weighted by molar-refractivity contribution is 7.20. The summed E-state index contributed by atoms with van der Waals surface area (Å²) >= 11 is 0.754. The summed E-state index contributed by atoms with van der Waals surface area (Å²) in [6, 6.07) is 0. The molecular formula is C22H24F5N3O5S. The van der Waals surface area contributed by atoms with Crippen molar-refractivity contribution in [3.63, 3.8) is 0 Å². The number of piperidine rings is 1. The number of fused-ring (bicyclic) bond motifs is 1. The van der Waals surface area contributed by atoms with Gasteiger partial charge in [0, 0.05) is 45.9 Å². The standard InChI is InChI=1S/C22H24F5N3O5S/c1-12-16-18(32)29(8-3-4-15(23)24)21(34)30(11-7-22(25,26)27)20(16)36-17(12)19(33)28-9-5-14(6-10-28)35-13(2)31/h4,14H,3,5-11H2,1-2H3. The van der Waals surface area contributed by atoms with E-state index in [0.717, 1.165) is 15.9 Å². The molecule has 8 nitrogen and oxygen atoms in total. The molecule has 0 atom stereocenters. The molecule has 0 aromatic carbocycles. The molecule has 1 saturated heterocycles. The van der Waals surface area contributed by atoms with E-state index in [4.69, 9.17) is 4.74 Å². The number of likely N-dealkylation sites (tertiary alicyclic amines) is 1. The van der Waals surface area contributed by atoms with E-state index in [0.29, 0.717) is 23.5 Å². The predicted molar refractivity (Wildman–Crippen MR) is 121 cm³/mol. The summed E-state index contributed by atoms with van der Waals surface area (Å²) in [5.74, 6) is -0.892. The summed E-state index contributed by atoms with van der Waals surface area (Å²) in [4.78, 5) is 51.9. The first-order valence-electron chi connectivity index (χ1n) is 11.1. The fraction of sp³-hybridized carbons (Fsp3) is 0.545. The zero-order valence-electron chi connectivity index (χ0n) is 19.5. The molecule has 14 heteroatoms. The van der Waals surface area contributed by atoms with Gasteiger partial charge >= 0.3 is 17.8 Å². The van der Waals surface area contributed by atoms with Crippen LogP contribution in [0.3, 0.4) is 0 Å². The Morgan fingerprint density at radius 3 is 2.31 bits per heavy atom. The molecule has 0 spiro atoms. The number of hydrogen-bond donors (Lipinski definition) is 0. The van der Waals surface area contributed by atoms with E-state index in [1.54, 1.807) is 0 Å². The average Bonchev–Trinajstić information content (AvgIpc) is 3.11. The first-order chi connectivity index (χ1) is 16.8. The van der Waals surface area contributed by atoms with E-state index in [9.17, 15) is 41.1 Å². The van der Waals surface area contributed by atoms with Gasteiger partial charge in [-0.1, -0.05) is 0 Å². The summed E-state index contributed by atoms with van der Waals surface area (Å²) < 4.78 is 70.3. The number of thiophene rings is 1. The third kappa shape index (κ3) is 6.20. The lowest BCUT2D eigenvalue weighted by Gasteiger charge is -2.31. The monoisotopic (exact) mass is 537 g/mol. The van der Waals surface area contributed by atoms with Crippen LogP contribution >= 0.6 is 11.3 Å². The fourth-order valence-electron chi connectivity index (χ4n) is 4.09. The minimum absolute atomic E-state index is 0.0756. The summed E-state index contributed by atoms with van der Waals surface area (Å²) in [6.45, 7) is 2.01. The minimum Gasteiger partial charge on any atom is -0.462 e. The molecule has 2 aromatic rings. The van der Waals surface area contributed by atoms with Gasteiger partial charge in [0.1, 0.15) is 10.9 Å². The SMILES string of the molecule is CC(=O)OC1CCN(C(=O)c2sc3c(c2C)c(=O)n(CCC=C(F)F)c(=O)n3CCC(F)(F)F)CC1. The Morgan fingerprint density at radius 1 is 1.11 bits per heavy atom. The summed E-state index contributed by atoms with van der Waals surface area (Å²) in [7, 11) is 0. The van der Waals surface area contributed by atoms with Crippen LogP contribution in [0.4, 0.5) is 22.0 Å². The van der Waals surface area contributed by atoms with Crippen molar-refractivity contribution in [1.29, 1.82) is 0 Å². The Hall–Kier alpha value is -3.03. The Kier molecular flexibility index (Phi) is 8.37. The minimum atomic E-state index is -4.59. The molecule has 0 N–H and O–H groups in total. The van der Waals surface area contributed by atoms with Crippen LogP contribution in [0.1, 0.15) is 47.8 Å². The van der Waals surface area contributed by atoms with Crippen LogP contribution in [0.15, 0.2) is 21.7 Å². The van der Waals surface area contributed by atoms with E-state index < -0.39 is 54.9 Å². The van der Waals surface area contributed by atoms with Crippen LogP contribution < -0.4 is 11.2 Å². The lowest BCUT2D eigenvalue weighted by atomic mass is 10.1. The van der Waals surface area contributed by atoms with Crippen LogP contribution in [-0.2, 0) is 22.6 Å². The quantitative estimate of drug-likeness (QED) is 0.396. The predicted octanol–water partition coefficient (Wildman–Crippen LogP) is 3.82. The number of carbonyl (C=O) groups excluding carboxylic acids is 2. The van der Waals surface area contributed by atoms with E-state index in [1.807, 2.05) is 0 Å². The summed E-state index contributed by atoms with van der Waals surface area (Å²) in [5, 5.41) is -0.0929. The van der Waals surface area contributed by atoms with E-state index in [-0.39, 0.29) is 46.3 Å². The molecule has 0 radical (unpaired) electrons. The van der Waals surface area contributed by atoms with Crippen molar-refractivity contribution in [2.75, 3.05) is 13.1 Å². The van der Waals surface area contributed by atoms with Crippen molar-refractivity contribution >= 4 is 33.4 Å². The van der Waals surface area contributed by atoms with Gasteiger partial charge in [-0.3, -0.25) is 23.5 Å². The molecule has 1 fully saturated rings. The lowest BCUT2D eigenvalue weighted by Crippen LogP contribution is -2.41. The van der Waals surface area contributed by atoms with Crippen molar-refractivity contribution in [3.8, 4) is 0 Å². The zero-order chi connectivity index (χ0) is 26.8. The third-order valence-corrected chi connectivity index (χ3v) is 7.12. The van der Waals surface area contributed by atoms with Crippen LogP contribution in [0.2, 0.25) is 0 Å². The molecule has 0 saturated carbocycles. The molecule has 0 unspecified atom stereocenters. The number of esters is 1. The van der Waals surface area contributed by atoms with Gasteiger partial charge in [0.2, 0.25) is 0 Å². The highest BCUT2D eigenvalue weighted by Gasteiger charge is 2.31. The maximum Gasteiger partial charge on any atom is 0.390 e. The molecule has 0 bridgehead atoms. The number of amides is 1. The number of carbonyl (C=O) groups is 2. The van der Waals surface area contributed by atoms with Crippen molar-refractivity contribution in [1.82, 2.24) is 14.0 Å². The Labute approximate surface area is 205 Å². The topological polar surface area (TPSA) is 90.6 Å². The van der Waals surface area contributed by atoms with Gasteiger partial charge < -0.3 is 9.64 Å². The molecule has 1 aliphatic heterocycles. The number of ether oxygens (including phenoxy) is 1. The highest BCUT2D eigenvalue weighted by Crippen LogP contribution is 2.31. The molecule has 1 aliphatic rings. The number of nitrogens with zero attached hydrogens (tertiary/aromatic N) is 3. The fourth-order valence-corrected chi connectivity index (χ4v) is 5.38. The van der Waals surface area contributed by atoms with Gasteiger partial charge in [0.25, 0.3) is 17.5 Å². The maximum absolute atomic E-state index is 13.2. The van der Waals surface area contributed by atoms with Gasteiger partial charge in [-0.15, -0.1) is 11.3 Å². The van der Waals surface area contributed by atoms with E-state index in [1.165, 1.54) is 18.7 Å². The van der Waals surface area contributed by atoms with Crippen LogP contribution in [0, 0.1) is 6.92 Å². The molecule has 2 aromatic heterocycles. The highest BCUT2D eigenvalue weighted by atomic mass is 32.1. The van der Waals surface area contributed by atoms with Gasteiger partial charge in [-0.2, -0.15) is 22.0 Å². The van der Waals surface area contributed by atoms with Crippen molar-refractivity contribution in [2.24, 2.45) is 0 Å². The molecule has 0 aliphatic carbocycles. The summed E-state index contributed by atoms with van der Waals surface area (Å²) in [5.41, 5.74) is -1.71. The number of aromatic nitrogens is 2. The first-order valence-corrected chi connectivity index (χ1v) is 11.9. The van der Waals surface area contributed by atoms with Gasteiger partial charge in [0.15, 0.2) is 0 Å². The number of hydrogen-bond acceptors (Lipinski definition) is 6. The average molecular weight is 538 g/mol.